The summed E-state index contributed by atoms with van der Waals surface area (Å²) in [6.45, 7) is 9.32. The predicted molar refractivity (Wildman–Crippen MR) is 82.1 cm³/mol. The minimum Gasteiger partial charge on any atom is -0.374 e. The largest absolute Gasteiger partial charge is 0.374 e. The molecule has 3 aliphatic rings. The van der Waals surface area contributed by atoms with Crippen molar-refractivity contribution in [2.75, 3.05) is 52.4 Å². The number of rotatable bonds is 3. The van der Waals surface area contributed by atoms with Crippen LogP contribution in [0.5, 0.6) is 0 Å². The van der Waals surface area contributed by atoms with Crippen molar-refractivity contribution in [2.45, 2.75) is 44.1 Å². The zero-order chi connectivity index (χ0) is 13.7. The molecular formula is C16H31N3O. The summed E-state index contributed by atoms with van der Waals surface area (Å²) in [5.74, 6) is 0.952. The molecule has 3 aliphatic heterocycles. The standard InChI is InChI=1S/C16H31N3O/c1-7-17-8-2-15(1)3-11-19-12-6-16(20-14-13-19)4-9-18-10-5-16/h15,17-18H,1-14H2. The average molecular weight is 281 g/mol. The van der Waals surface area contributed by atoms with Crippen LogP contribution in [0.2, 0.25) is 0 Å². The smallest absolute Gasteiger partial charge is 0.0719 e. The maximum atomic E-state index is 6.26. The van der Waals surface area contributed by atoms with E-state index >= 15 is 0 Å². The van der Waals surface area contributed by atoms with Crippen molar-refractivity contribution in [1.82, 2.24) is 15.5 Å². The summed E-state index contributed by atoms with van der Waals surface area (Å²) < 4.78 is 6.26. The second-order valence-electron chi connectivity index (χ2n) is 6.86. The van der Waals surface area contributed by atoms with E-state index in [1.807, 2.05) is 0 Å². The molecule has 3 saturated heterocycles. The molecule has 0 aromatic carbocycles. The van der Waals surface area contributed by atoms with Gasteiger partial charge in [-0.2, -0.15) is 0 Å². The molecule has 0 aliphatic carbocycles. The average Bonchev–Trinajstić information content (AvgIpc) is 2.70. The lowest BCUT2D eigenvalue weighted by Crippen LogP contribution is -2.44. The highest BCUT2D eigenvalue weighted by Crippen LogP contribution is 2.29. The van der Waals surface area contributed by atoms with E-state index in [1.165, 1.54) is 64.7 Å². The van der Waals surface area contributed by atoms with E-state index in [-0.39, 0.29) is 5.60 Å². The fraction of sp³-hybridized carbons (Fsp3) is 1.00. The Morgan fingerprint density at radius 1 is 0.950 bits per heavy atom. The van der Waals surface area contributed by atoms with Gasteiger partial charge in [-0.25, -0.2) is 0 Å². The van der Waals surface area contributed by atoms with Crippen LogP contribution in [0.3, 0.4) is 0 Å². The lowest BCUT2D eigenvalue weighted by Gasteiger charge is -2.36. The molecule has 0 atom stereocenters. The van der Waals surface area contributed by atoms with E-state index in [0.29, 0.717) is 0 Å². The Bertz CT molecular complexity index is 285. The van der Waals surface area contributed by atoms with Crippen molar-refractivity contribution < 1.29 is 4.74 Å². The van der Waals surface area contributed by atoms with Gasteiger partial charge in [0.05, 0.1) is 12.2 Å². The minimum absolute atomic E-state index is 0.203. The quantitative estimate of drug-likeness (QED) is 0.815. The number of nitrogens with one attached hydrogen (secondary N) is 2. The molecule has 3 rings (SSSR count). The predicted octanol–water partition coefficient (Wildman–Crippen LogP) is 1.22. The van der Waals surface area contributed by atoms with Crippen LogP contribution < -0.4 is 10.6 Å². The fourth-order valence-corrected chi connectivity index (χ4v) is 3.97. The van der Waals surface area contributed by atoms with E-state index in [2.05, 4.69) is 15.5 Å². The Balaban J connectivity index is 1.42. The van der Waals surface area contributed by atoms with E-state index in [4.69, 9.17) is 4.74 Å². The number of piperidine rings is 2. The van der Waals surface area contributed by atoms with Crippen molar-refractivity contribution in [1.29, 1.82) is 0 Å². The molecule has 20 heavy (non-hydrogen) atoms. The first-order valence-corrected chi connectivity index (χ1v) is 8.64. The van der Waals surface area contributed by atoms with Crippen LogP contribution in [0.25, 0.3) is 0 Å². The summed E-state index contributed by atoms with van der Waals surface area (Å²) >= 11 is 0. The molecule has 4 nitrogen and oxygen atoms in total. The van der Waals surface area contributed by atoms with Crippen LogP contribution in [-0.2, 0) is 4.74 Å². The zero-order valence-electron chi connectivity index (χ0n) is 12.8. The fourth-order valence-electron chi connectivity index (χ4n) is 3.97. The van der Waals surface area contributed by atoms with Crippen LogP contribution in [0.15, 0.2) is 0 Å². The number of hydrogen-bond acceptors (Lipinski definition) is 4. The first kappa shape index (κ1) is 14.8. The number of ether oxygens (including phenoxy) is 1. The summed E-state index contributed by atoms with van der Waals surface area (Å²) in [6, 6.07) is 0. The molecule has 0 radical (unpaired) electrons. The summed E-state index contributed by atoms with van der Waals surface area (Å²) in [7, 11) is 0. The summed E-state index contributed by atoms with van der Waals surface area (Å²) in [5.41, 5.74) is 0.203. The molecule has 0 saturated carbocycles. The Hall–Kier alpha value is -0.160. The van der Waals surface area contributed by atoms with Gasteiger partial charge in [-0.3, -0.25) is 0 Å². The number of hydrogen-bond donors (Lipinski definition) is 2. The maximum Gasteiger partial charge on any atom is 0.0719 e. The summed E-state index contributed by atoms with van der Waals surface area (Å²) in [4.78, 5) is 2.65. The first-order chi connectivity index (χ1) is 9.86. The van der Waals surface area contributed by atoms with Gasteiger partial charge < -0.3 is 20.3 Å². The highest BCUT2D eigenvalue weighted by atomic mass is 16.5. The first-order valence-electron chi connectivity index (χ1n) is 8.64. The molecule has 4 heteroatoms. The highest BCUT2D eigenvalue weighted by Gasteiger charge is 2.34. The third kappa shape index (κ3) is 3.94. The molecule has 1 spiro atoms. The topological polar surface area (TPSA) is 36.5 Å². The van der Waals surface area contributed by atoms with E-state index < -0.39 is 0 Å². The Labute approximate surface area is 123 Å². The summed E-state index contributed by atoms with van der Waals surface area (Å²) in [5, 5.41) is 6.92. The van der Waals surface area contributed by atoms with E-state index in [9.17, 15) is 0 Å². The maximum absolute atomic E-state index is 6.26. The highest BCUT2D eigenvalue weighted by molar-refractivity contribution is 4.89. The monoisotopic (exact) mass is 281 g/mol. The van der Waals surface area contributed by atoms with Crippen molar-refractivity contribution in [3.8, 4) is 0 Å². The molecule has 0 aromatic heterocycles. The van der Waals surface area contributed by atoms with E-state index in [1.54, 1.807) is 0 Å². The van der Waals surface area contributed by atoms with Crippen molar-refractivity contribution >= 4 is 0 Å². The van der Waals surface area contributed by atoms with Crippen LogP contribution in [0, 0.1) is 5.92 Å². The molecule has 0 unspecified atom stereocenters. The van der Waals surface area contributed by atoms with E-state index in [0.717, 1.165) is 32.2 Å². The second-order valence-corrected chi connectivity index (χ2v) is 6.86. The third-order valence-corrected chi connectivity index (χ3v) is 5.53. The third-order valence-electron chi connectivity index (χ3n) is 5.53. The lowest BCUT2D eigenvalue weighted by molar-refractivity contribution is -0.0584. The van der Waals surface area contributed by atoms with Gasteiger partial charge >= 0.3 is 0 Å². The Morgan fingerprint density at radius 2 is 1.70 bits per heavy atom. The van der Waals surface area contributed by atoms with Gasteiger partial charge in [-0.05, 0) is 77.2 Å². The summed E-state index contributed by atoms with van der Waals surface area (Å²) in [6.07, 6.45) is 7.78. The molecule has 0 aromatic rings. The molecule has 0 bridgehead atoms. The van der Waals surface area contributed by atoms with Crippen LogP contribution in [-0.4, -0.2) is 62.9 Å². The molecule has 116 valence electrons. The van der Waals surface area contributed by atoms with Gasteiger partial charge in [-0.15, -0.1) is 0 Å². The van der Waals surface area contributed by atoms with Gasteiger partial charge in [0.1, 0.15) is 0 Å². The van der Waals surface area contributed by atoms with Gasteiger partial charge in [-0.1, -0.05) is 0 Å². The van der Waals surface area contributed by atoms with Gasteiger partial charge in [0.15, 0.2) is 0 Å². The van der Waals surface area contributed by atoms with Gasteiger partial charge in [0, 0.05) is 13.1 Å². The normalized spacial score (nSPS) is 29.4. The van der Waals surface area contributed by atoms with Crippen LogP contribution >= 0.6 is 0 Å². The van der Waals surface area contributed by atoms with Crippen LogP contribution in [0.1, 0.15) is 38.5 Å². The van der Waals surface area contributed by atoms with Crippen molar-refractivity contribution in [3.05, 3.63) is 0 Å². The SMILES string of the molecule is C1CC(CCN2CCOC3(CCNCC3)CC2)CCN1. The molecule has 3 fully saturated rings. The number of nitrogens with zero attached hydrogens (tertiary/aromatic N) is 1. The second kappa shape index (κ2) is 7.21. The molecule has 2 N–H and O–H groups in total. The zero-order valence-corrected chi connectivity index (χ0v) is 12.8. The molecule has 3 heterocycles. The molecule has 0 amide bonds. The van der Waals surface area contributed by atoms with Crippen molar-refractivity contribution in [3.63, 3.8) is 0 Å². The minimum atomic E-state index is 0.203. The Morgan fingerprint density at radius 3 is 2.50 bits per heavy atom. The van der Waals surface area contributed by atoms with Crippen molar-refractivity contribution in [2.24, 2.45) is 5.92 Å². The molecular weight excluding hydrogens is 250 g/mol. The van der Waals surface area contributed by atoms with Crippen LogP contribution in [0.4, 0.5) is 0 Å². The van der Waals surface area contributed by atoms with Gasteiger partial charge in [0.2, 0.25) is 0 Å². The lowest BCUT2D eigenvalue weighted by atomic mass is 9.88. The Kier molecular flexibility index (Phi) is 5.32. The van der Waals surface area contributed by atoms with Gasteiger partial charge in [0.25, 0.3) is 0 Å².